The van der Waals surface area contributed by atoms with Crippen LogP contribution in [0.15, 0.2) is 179 Å². The van der Waals surface area contributed by atoms with Gasteiger partial charge in [-0.2, -0.15) is 0 Å². The van der Waals surface area contributed by atoms with Crippen molar-refractivity contribution in [3.63, 3.8) is 0 Å². The van der Waals surface area contributed by atoms with Gasteiger partial charge in [0.2, 0.25) is 0 Å². The van der Waals surface area contributed by atoms with E-state index in [0.717, 1.165) is 19.3 Å². The van der Waals surface area contributed by atoms with Gasteiger partial charge < -0.3 is 9.80 Å². The summed E-state index contributed by atoms with van der Waals surface area (Å²) in [6.45, 7) is 0. The van der Waals surface area contributed by atoms with Crippen LogP contribution >= 0.6 is 0 Å². The molecule has 0 amide bonds. The highest BCUT2D eigenvalue weighted by atomic mass is 15.2. The second-order valence-electron chi connectivity index (χ2n) is 21.0. The van der Waals surface area contributed by atoms with Crippen LogP contribution in [0.5, 0.6) is 0 Å². The van der Waals surface area contributed by atoms with Gasteiger partial charge in [-0.3, -0.25) is 0 Å². The number of fused-ring (bicyclic) bond motifs is 12. The molecule has 1 aromatic carbocycles. The third kappa shape index (κ3) is 6.01. The fourth-order valence-electron chi connectivity index (χ4n) is 15.7. The predicted molar refractivity (Wildman–Crippen MR) is 262 cm³/mol. The highest BCUT2D eigenvalue weighted by Crippen LogP contribution is 2.73. The van der Waals surface area contributed by atoms with Crippen LogP contribution in [0.3, 0.4) is 0 Å². The number of rotatable bonds is 6. The lowest BCUT2D eigenvalue weighted by Crippen LogP contribution is -2.41. The van der Waals surface area contributed by atoms with E-state index in [9.17, 15) is 0 Å². The summed E-state index contributed by atoms with van der Waals surface area (Å²) >= 11 is 0. The van der Waals surface area contributed by atoms with Crippen molar-refractivity contribution >= 4 is 11.8 Å². The molecule has 1 aromatic rings. The van der Waals surface area contributed by atoms with Crippen molar-refractivity contribution in [2.75, 3.05) is 4.90 Å². The van der Waals surface area contributed by atoms with E-state index < -0.39 is 0 Å². The first-order valence-corrected chi connectivity index (χ1v) is 25.6. The third-order valence-corrected chi connectivity index (χ3v) is 18.1. The molecule has 12 aliphatic carbocycles. The van der Waals surface area contributed by atoms with Gasteiger partial charge in [-0.1, -0.05) is 127 Å². The molecule has 10 atom stereocenters. The van der Waals surface area contributed by atoms with Crippen molar-refractivity contribution in [1.29, 1.82) is 0 Å². The van der Waals surface area contributed by atoms with Gasteiger partial charge in [0.15, 0.2) is 0 Å². The smallest absolute Gasteiger partial charge is 0.0556 e. The van der Waals surface area contributed by atoms with Crippen LogP contribution in [0.25, 0.3) is 6.08 Å². The van der Waals surface area contributed by atoms with Crippen LogP contribution in [0.4, 0.5) is 5.69 Å². The standard InChI is InChI=1S/C61H66N2/c1-3-20-44(21-4-1)62(58-31-15-19-41-17-8-10-25-50(41)58)47-36-38-52-51-26-11-13-28-54(51)61(57(52)40-47)55-29-14-12-27-53(55)60-56(61)30-16-32-59(60)63(45-22-5-2-6-23-45)46-35-37-49-43(39-46)34-33-42-18-7-9-24-48(42)49/h1,3-5,7,10-12,15,18,20,22,25-27,31-35,37,39-42,44-45,48,51,53-55H,2,6,8-9,13-14,16-17,19,21,23-24,28-30,36,38H2. The maximum absolute atomic E-state index is 2.87. The molecule has 10 unspecified atom stereocenters. The molecule has 0 radical (unpaired) electrons. The Balaban J connectivity index is 0.981. The first-order chi connectivity index (χ1) is 31.3. The SMILES string of the molecule is C1=CCC(N(C2=CC3=C(CC2)C2C=CCCC2C32C3=C(C(N(c4ccc5c(c4)C=CC4C=CCCC54)C4C=CCCC4)=CCC3)C3C=CCCC32)C2=C3C=CCCC3CC=C2)C=C1. The van der Waals surface area contributed by atoms with E-state index in [4.69, 9.17) is 0 Å². The second kappa shape index (κ2) is 15.7. The normalized spacial score (nSPS) is 36.4. The number of hydrogen-bond acceptors (Lipinski definition) is 2. The van der Waals surface area contributed by atoms with Crippen LogP contribution in [-0.4, -0.2) is 17.0 Å². The molecule has 0 saturated carbocycles. The van der Waals surface area contributed by atoms with Crippen LogP contribution in [-0.2, 0) is 0 Å². The Hall–Kier alpha value is -4.82. The minimum Gasteiger partial charge on any atom is -0.338 e. The summed E-state index contributed by atoms with van der Waals surface area (Å²) in [5.74, 6) is 4.09. The van der Waals surface area contributed by atoms with Crippen LogP contribution < -0.4 is 4.90 Å². The zero-order valence-electron chi connectivity index (χ0n) is 37.4. The van der Waals surface area contributed by atoms with Crippen molar-refractivity contribution in [2.24, 2.45) is 40.9 Å². The van der Waals surface area contributed by atoms with E-state index >= 15 is 0 Å². The van der Waals surface area contributed by atoms with E-state index in [2.05, 4.69) is 150 Å². The second-order valence-corrected chi connectivity index (χ2v) is 21.0. The number of anilines is 1. The number of hydrogen-bond donors (Lipinski definition) is 0. The highest BCUT2D eigenvalue weighted by molar-refractivity contribution is 5.72. The van der Waals surface area contributed by atoms with Gasteiger partial charge in [-0.05, 0) is 185 Å². The lowest BCUT2D eigenvalue weighted by molar-refractivity contribution is 0.133. The average Bonchev–Trinajstić information content (AvgIpc) is 3.82. The summed E-state index contributed by atoms with van der Waals surface area (Å²) < 4.78 is 0. The lowest BCUT2D eigenvalue weighted by Gasteiger charge is -2.47. The fraction of sp³-hybridized carbons (Fsp3) is 0.443. The van der Waals surface area contributed by atoms with E-state index in [1.54, 1.807) is 39.2 Å². The lowest BCUT2D eigenvalue weighted by atomic mass is 9.56. The van der Waals surface area contributed by atoms with E-state index in [1.807, 2.05) is 5.57 Å². The molecule has 0 N–H and O–H groups in total. The molecule has 0 heterocycles. The van der Waals surface area contributed by atoms with Gasteiger partial charge in [0, 0.05) is 45.9 Å². The van der Waals surface area contributed by atoms with Gasteiger partial charge in [0.25, 0.3) is 0 Å². The summed E-state index contributed by atoms with van der Waals surface area (Å²) in [6, 6.07) is 8.39. The fourth-order valence-corrected chi connectivity index (χ4v) is 15.7. The summed E-state index contributed by atoms with van der Waals surface area (Å²) in [4.78, 5) is 5.72. The van der Waals surface area contributed by atoms with Crippen molar-refractivity contribution in [2.45, 2.75) is 127 Å². The zero-order valence-corrected chi connectivity index (χ0v) is 37.4. The zero-order chi connectivity index (χ0) is 41.5. The quantitative estimate of drug-likeness (QED) is 0.264. The monoisotopic (exact) mass is 827 g/mol. The van der Waals surface area contributed by atoms with E-state index in [0.29, 0.717) is 53.5 Å². The molecule has 0 bridgehead atoms. The van der Waals surface area contributed by atoms with Gasteiger partial charge in [0.1, 0.15) is 0 Å². The molecule has 13 rings (SSSR count). The molecular formula is C61H66N2. The number of nitrogens with zero attached hydrogens (tertiary/aromatic N) is 2. The summed E-state index contributed by atoms with van der Waals surface area (Å²) in [5.41, 5.74) is 17.8. The summed E-state index contributed by atoms with van der Waals surface area (Å²) in [6.07, 6.45) is 71.1. The molecule has 2 heteroatoms. The maximum Gasteiger partial charge on any atom is 0.0556 e. The van der Waals surface area contributed by atoms with Crippen LogP contribution in [0.1, 0.15) is 126 Å². The molecule has 0 aromatic heterocycles. The molecule has 63 heavy (non-hydrogen) atoms. The highest BCUT2D eigenvalue weighted by Gasteiger charge is 2.64. The Morgan fingerprint density at radius 2 is 1.46 bits per heavy atom. The first kappa shape index (κ1) is 38.6. The van der Waals surface area contributed by atoms with E-state index in [1.165, 1.54) is 107 Å². The number of benzene rings is 1. The maximum atomic E-state index is 2.87. The Morgan fingerprint density at radius 1 is 0.603 bits per heavy atom. The Labute approximate surface area is 377 Å². The molecule has 320 valence electrons. The van der Waals surface area contributed by atoms with Gasteiger partial charge in [-0.25, -0.2) is 0 Å². The molecular weight excluding hydrogens is 761 g/mol. The minimum absolute atomic E-state index is 0.0817. The molecule has 2 nitrogen and oxygen atoms in total. The first-order valence-electron chi connectivity index (χ1n) is 25.6. The third-order valence-electron chi connectivity index (χ3n) is 18.1. The topological polar surface area (TPSA) is 6.48 Å². The minimum atomic E-state index is 0.0817. The molecule has 12 aliphatic rings. The van der Waals surface area contributed by atoms with Crippen molar-refractivity contribution in [3.8, 4) is 0 Å². The van der Waals surface area contributed by atoms with Crippen molar-refractivity contribution < 1.29 is 0 Å². The van der Waals surface area contributed by atoms with Crippen molar-refractivity contribution in [3.05, 3.63) is 190 Å². The Kier molecular flexibility index (Phi) is 9.63. The van der Waals surface area contributed by atoms with Crippen molar-refractivity contribution in [1.82, 2.24) is 4.90 Å². The average molecular weight is 827 g/mol. The summed E-state index contributed by atoms with van der Waals surface area (Å²) in [7, 11) is 0. The molecule has 0 aliphatic heterocycles. The Morgan fingerprint density at radius 3 is 2.35 bits per heavy atom. The van der Waals surface area contributed by atoms with Gasteiger partial charge >= 0.3 is 0 Å². The summed E-state index contributed by atoms with van der Waals surface area (Å²) in [5, 5.41) is 0. The largest absolute Gasteiger partial charge is 0.338 e. The van der Waals surface area contributed by atoms with Crippen LogP contribution in [0, 0.1) is 40.9 Å². The van der Waals surface area contributed by atoms with Gasteiger partial charge in [-0.15, -0.1) is 0 Å². The Bertz CT molecular complexity index is 2530. The van der Waals surface area contributed by atoms with Gasteiger partial charge in [0.05, 0.1) is 12.1 Å². The molecule has 0 fully saturated rings. The predicted octanol–water partition coefficient (Wildman–Crippen LogP) is 15.2. The molecule has 0 saturated heterocycles. The van der Waals surface area contributed by atoms with E-state index in [-0.39, 0.29) is 5.41 Å². The number of allylic oxidation sites excluding steroid dienone is 22. The molecule has 1 spiro atoms. The van der Waals surface area contributed by atoms with Crippen LogP contribution in [0.2, 0.25) is 0 Å².